The lowest BCUT2D eigenvalue weighted by Gasteiger charge is -2.15. The van der Waals surface area contributed by atoms with E-state index >= 15 is 0 Å². The SMILES string of the molecule is NC(c1cc(Br)ccc1CO)C1CC1. The van der Waals surface area contributed by atoms with Crippen LogP contribution in [0, 0.1) is 5.92 Å². The Balaban J connectivity index is 2.32. The summed E-state index contributed by atoms with van der Waals surface area (Å²) in [6.07, 6.45) is 2.44. The maximum atomic E-state index is 9.19. The molecule has 0 radical (unpaired) electrons. The van der Waals surface area contributed by atoms with Gasteiger partial charge in [0.2, 0.25) is 0 Å². The van der Waals surface area contributed by atoms with E-state index in [0.29, 0.717) is 5.92 Å². The van der Waals surface area contributed by atoms with Crippen LogP contribution in [0.15, 0.2) is 22.7 Å². The van der Waals surface area contributed by atoms with Crippen LogP contribution < -0.4 is 5.73 Å². The predicted molar refractivity (Wildman–Crippen MR) is 59.7 cm³/mol. The molecule has 0 heterocycles. The first-order chi connectivity index (χ1) is 6.72. The van der Waals surface area contributed by atoms with Gasteiger partial charge in [-0.15, -0.1) is 0 Å². The maximum Gasteiger partial charge on any atom is 0.0685 e. The number of hydrogen-bond acceptors (Lipinski definition) is 2. The van der Waals surface area contributed by atoms with Crippen LogP contribution >= 0.6 is 15.9 Å². The number of hydrogen-bond donors (Lipinski definition) is 2. The van der Waals surface area contributed by atoms with Crippen LogP contribution in [0.2, 0.25) is 0 Å². The van der Waals surface area contributed by atoms with Gasteiger partial charge in [0.1, 0.15) is 0 Å². The molecule has 1 aromatic carbocycles. The maximum absolute atomic E-state index is 9.19. The second-order valence-electron chi connectivity index (χ2n) is 3.86. The fourth-order valence-electron chi connectivity index (χ4n) is 1.73. The monoisotopic (exact) mass is 255 g/mol. The molecule has 1 unspecified atom stereocenters. The van der Waals surface area contributed by atoms with Gasteiger partial charge in [0.15, 0.2) is 0 Å². The van der Waals surface area contributed by atoms with Gasteiger partial charge in [0.05, 0.1) is 6.61 Å². The third-order valence-electron chi connectivity index (χ3n) is 2.77. The van der Waals surface area contributed by atoms with Crippen molar-refractivity contribution < 1.29 is 5.11 Å². The topological polar surface area (TPSA) is 46.2 Å². The van der Waals surface area contributed by atoms with Gasteiger partial charge in [-0.05, 0) is 42.0 Å². The normalized spacial score (nSPS) is 18.2. The van der Waals surface area contributed by atoms with E-state index < -0.39 is 0 Å². The summed E-state index contributed by atoms with van der Waals surface area (Å²) in [4.78, 5) is 0. The first kappa shape index (κ1) is 10.1. The molecule has 76 valence electrons. The standard InChI is InChI=1S/C11H14BrNO/c12-9-4-3-8(6-14)10(5-9)11(13)7-1-2-7/h3-5,7,11,14H,1-2,6,13H2. The highest BCUT2D eigenvalue weighted by Crippen LogP contribution is 2.40. The molecule has 0 amide bonds. The average Bonchev–Trinajstić information content (AvgIpc) is 3.00. The molecule has 0 aliphatic heterocycles. The summed E-state index contributed by atoms with van der Waals surface area (Å²) < 4.78 is 1.03. The quantitative estimate of drug-likeness (QED) is 0.872. The van der Waals surface area contributed by atoms with Gasteiger partial charge in [-0.25, -0.2) is 0 Å². The van der Waals surface area contributed by atoms with Crippen LogP contribution in [0.3, 0.4) is 0 Å². The van der Waals surface area contributed by atoms with Gasteiger partial charge < -0.3 is 10.8 Å². The first-order valence-electron chi connectivity index (χ1n) is 4.87. The summed E-state index contributed by atoms with van der Waals surface area (Å²) in [5.41, 5.74) is 8.15. The van der Waals surface area contributed by atoms with E-state index in [1.165, 1.54) is 12.8 Å². The van der Waals surface area contributed by atoms with Crippen LogP contribution in [-0.2, 0) is 6.61 Å². The van der Waals surface area contributed by atoms with Gasteiger partial charge in [0.25, 0.3) is 0 Å². The molecular weight excluding hydrogens is 242 g/mol. The van der Waals surface area contributed by atoms with Gasteiger partial charge in [-0.1, -0.05) is 22.0 Å². The highest BCUT2D eigenvalue weighted by atomic mass is 79.9. The smallest absolute Gasteiger partial charge is 0.0685 e. The Morgan fingerprint density at radius 1 is 1.50 bits per heavy atom. The zero-order chi connectivity index (χ0) is 10.1. The van der Waals surface area contributed by atoms with Crippen molar-refractivity contribution in [3.63, 3.8) is 0 Å². The molecule has 2 nitrogen and oxygen atoms in total. The molecule has 1 saturated carbocycles. The number of nitrogens with two attached hydrogens (primary N) is 1. The summed E-state index contributed by atoms with van der Waals surface area (Å²) in [6.45, 7) is 0.0725. The lowest BCUT2D eigenvalue weighted by atomic mass is 9.98. The minimum absolute atomic E-state index is 0.0725. The lowest BCUT2D eigenvalue weighted by Crippen LogP contribution is -2.14. The molecule has 1 aliphatic carbocycles. The molecule has 14 heavy (non-hydrogen) atoms. The zero-order valence-electron chi connectivity index (χ0n) is 7.91. The van der Waals surface area contributed by atoms with Gasteiger partial charge in [0, 0.05) is 10.5 Å². The van der Waals surface area contributed by atoms with Crippen LogP contribution in [-0.4, -0.2) is 5.11 Å². The second-order valence-corrected chi connectivity index (χ2v) is 4.78. The van der Waals surface area contributed by atoms with Crippen molar-refractivity contribution in [3.05, 3.63) is 33.8 Å². The van der Waals surface area contributed by atoms with Gasteiger partial charge in [-0.3, -0.25) is 0 Å². The van der Waals surface area contributed by atoms with E-state index in [4.69, 9.17) is 5.73 Å². The summed E-state index contributed by atoms with van der Waals surface area (Å²) >= 11 is 3.43. The van der Waals surface area contributed by atoms with Crippen LogP contribution in [0.5, 0.6) is 0 Å². The Bertz CT molecular complexity index is 336. The molecular formula is C11H14BrNO. The molecule has 3 N–H and O–H groups in total. The zero-order valence-corrected chi connectivity index (χ0v) is 9.50. The largest absolute Gasteiger partial charge is 0.392 e. The van der Waals surface area contributed by atoms with Crippen molar-refractivity contribution in [2.75, 3.05) is 0 Å². The number of benzene rings is 1. The van der Waals surface area contributed by atoms with Crippen molar-refractivity contribution in [2.24, 2.45) is 11.7 Å². The van der Waals surface area contributed by atoms with E-state index in [2.05, 4.69) is 15.9 Å². The summed E-state index contributed by atoms with van der Waals surface area (Å²) in [6, 6.07) is 5.99. The lowest BCUT2D eigenvalue weighted by molar-refractivity contribution is 0.279. The highest BCUT2D eigenvalue weighted by Gasteiger charge is 2.30. The van der Waals surface area contributed by atoms with Crippen molar-refractivity contribution >= 4 is 15.9 Å². The number of rotatable bonds is 3. The Morgan fingerprint density at radius 3 is 2.79 bits per heavy atom. The Labute approximate surface area is 92.3 Å². The minimum atomic E-state index is 0.0725. The molecule has 1 atom stereocenters. The van der Waals surface area contributed by atoms with E-state index in [9.17, 15) is 5.11 Å². The Morgan fingerprint density at radius 2 is 2.21 bits per heavy atom. The van der Waals surface area contributed by atoms with Crippen molar-refractivity contribution in [1.29, 1.82) is 0 Å². The number of aliphatic hydroxyl groups excluding tert-OH is 1. The van der Waals surface area contributed by atoms with E-state index in [0.717, 1.165) is 15.6 Å². The molecule has 1 aromatic rings. The van der Waals surface area contributed by atoms with Gasteiger partial charge >= 0.3 is 0 Å². The Hall–Kier alpha value is -0.380. The molecule has 2 rings (SSSR count). The fourth-order valence-corrected chi connectivity index (χ4v) is 2.11. The Kier molecular flexibility index (Phi) is 2.91. The molecule has 0 bridgehead atoms. The molecule has 0 aromatic heterocycles. The first-order valence-corrected chi connectivity index (χ1v) is 5.66. The predicted octanol–water partition coefficient (Wildman–Crippen LogP) is 2.35. The van der Waals surface area contributed by atoms with Crippen molar-refractivity contribution in [1.82, 2.24) is 0 Å². The van der Waals surface area contributed by atoms with Crippen LogP contribution in [0.1, 0.15) is 30.0 Å². The average molecular weight is 256 g/mol. The highest BCUT2D eigenvalue weighted by molar-refractivity contribution is 9.10. The van der Waals surface area contributed by atoms with Crippen LogP contribution in [0.25, 0.3) is 0 Å². The number of aliphatic hydroxyl groups is 1. The molecule has 3 heteroatoms. The van der Waals surface area contributed by atoms with E-state index in [1.807, 2.05) is 18.2 Å². The molecule has 0 spiro atoms. The van der Waals surface area contributed by atoms with Crippen molar-refractivity contribution in [3.8, 4) is 0 Å². The molecule has 0 saturated heterocycles. The number of halogens is 1. The fraction of sp³-hybridized carbons (Fsp3) is 0.455. The van der Waals surface area contributed by atoms with E-state index in [1.54, 1.807) is 0 Å². The molecule has 1 aliphatic rings. The van der Waals surface area contributed by atoms with Crippen LogP contribution in [0.4, 0.5) is 0 Å². The summed E-state index contributed by atoms with van der Waals surface area (Å²) in [5, 5.41) is 9.19. The summed E-state index contributed by atoms with van der Waals surface area (Å²) in [5.74, 6) is 0.620. The summed E-state index contributed by atoms with van der Waals surface area (Å²) in [7, 11) is 0. The second kappa shape index (κ2) is 4.01. The van der Waals surface area contributed by atoms with Crippen molar-refractivity contribution in [2.45, 2.75) is 25.5 Å². The molecule has 1 fully saturated rings. The third-order valence-corrected chi connectivity index (χ3v) is 3.26. The minimum Gasteiger partial charge on any atom is -0.392 e. The van der Waals surface area contributed by atoms with E-state index in [-0.39, 0.29) is 12.6 Å². The van der Waals surface area contributed by atoms with Gasteiger partial charge in [-0.2, -0.15) is 0 Å². The third kappa shape index (κ3) is 2.00.